The van der Waals surface area contributed by atoms with Gasteiger partial charge in [-0.15, -0.1) is 0 Å². The lowest BCUT2D eigenvalue weighted by Gasteiger charge is -2.38. The molecule has 1 unspecified atom stereocenters. The minimum atomic E-state index is -1.02. The number of nitrogens with zero attached hydrogens (tertiary/aromatic N) is 5. The fourth-order valence-electron chi connectivity index (χ4n) is 7.91. The quantitative estimate of drug-likeness (QED) is 0.437. The molecule has 1 saturated carbocycles. The zero-order valence-corrected chi connectivity index (χ0v) is 26.5. The van der Waals surface area contributed by atoms with Gasteiger partial charge in [0.2, 0.25) is 23.6 Å². The van der Waals surface area contributed by atoms with Gasteiger partial charge in [0.1, 0.15) is 6.04 Å². The van der Waals surface area contributed by atoms with E-state index in [0.717, 1.165) is 61.8 Å². The van der Waals surface area contributed by atoms with Crippen molar-refractivity contribution >= 4 is 41.1 Å². The Balaban J connectivity index is 0.907. The van der Waals surface area contributed by atoms with Crippen LogP contribution < -0.4 is 10.6 Å². The van der Waals surface area contributed by atoms with Crippen LogP contribution in [-0.2, 0) is 25.7 Å². The zero-order chi connectivity index (χ0) is 32.7. The lowest BCUT2D eigenvalue weighted by Crippen LogP contribution is -2.54. The molecule has 1 aromatic carbocycles. The summed E-state index contributed by atoms with van der Waals surface area (Å²) in [6, 6.07) is 4.15. The van der Waals surface area contributed by atoms with Crippen LogP contribution in [0.4, 0.5) is 5.69 Å². The molecule has 2 N–H and O–H groups in total. The van der Waals surface area contributed by atoms with Crippen molar-refractivity contribution in [3.63, 3.8) is 0 Å². The molecule has 7 rings (SSSR count). The number of imide groups is 2. The van der Waals surface area contributed by atoms with E-state index in [2.05, 4.69) is 15.7 Å². The third-order valence-electron chi connectivity index (χ3n) is 10.6. The first-order valence-corrected chi connectivity index (χ1v) is 17.0. The summed E-state index contributed by atoms with van der Waals surface area (Å²) < 4.78 is 1.95. The smallest absolute Gasteiger partial charge is 0.264 e. The first kappa shape index (κ1) is 31.1. The molecule has 0 spiro atoms. The molecular formula is C34H41N7O6. The van der Waals surface area contributed by atoms with Crippen LogP contribution in [0.3, 0.4) is 0 Å². The predicted octanol–water partition coefficient (Wildman–Crippen LogP) is 2.49. The van der Waals surface area contributed by atoms with Gasteiger partial charge in [-0.25, -0.2) is 0 Å². The molecule has 5 heterocycles. The molecule has 5 aliphatic rings. The van der Waals surface area contributed by atoms with Gasteiger partial charge in [0.05, 0.1) is 23.4 Å². The van der Waals surface area contributed by atoms with Gasteiger partial charge >= 0.3 is 0 Å². The average molecular weight is 644 g/mol. The Bertz CT molecular complexity index is 1600. The number of hydrogen-bond acceptors (Lipinski definition) is 8. The first-order valence-electron chi connectivity index (χ1n) is 17.0. The van der Waals surface area contributed by atoms with Crippen molar-refractivity contribution in [1.82, 2.24) is 29.8 Å². The summed E-state index contributed by atoms with van der Waals surface area (Å²) >= 11 is 0. The van der Waals surface area contributed by atoms with Crippen LogP contribution in [0, 0.1) is 11.8 Å². The molecular weight excluding hydrogens is 602 g/mol. The highest BCUT2D eigenvalue weighted by molar-refractivity contribution is 6.25. The van der Waals surface area contributed by atoms with Gasteiger partial charge in [-0.2, -0.15) is 5.10 Å². The molecule has 47 heavy (non-hydrogen) atoms. The van der Waals surface area contributed by atoms with Gasteiger partial charge in [-0.1, -0.05) is 18.9 Å². The van der Waals surface area contributed by atoms with E-state index < -0.39 is 29.7 Å². The Hall–Kier alpha value is -4.55. The number of likely N-dealkylation sites (tertiary alicyclic amines) is 2. The van der Waals surface area contributed by atoms with Crippen molar-refractivity contribution in [3.8, 4) is 0 Å². The van der Waals surface area contributed by atoms with Gasteiger partial charge in [-0.3, -0.25) is 43.7 Å². The Kier molecular flexibility index (Phi) is 8.54. The Morgan fingerprint density at radius 2 is 1.49 bits per heavy atom. The highest BCUT2D eigenvalue weighted by Gasteiger charge is 2.45. The molecule has 0 bridgehead atoms. The van der Waals surface area contributed by atoms with Crippen molar-refractivity contribution in [2.45, 2.75) is 82.8 Å². The van der Waals surface area contributed by atoms with Gasteiger partial charge in [0, 0.05) is 68.4 Å². The standard InChI is InChI=1S/C34H41N7O6/c42-28-9-8-27(30(43)37-28)41-33(46)25-6-3-7-26(29(25)34(41)47)35-18-21-19-36-40(20-21)24-12-16-39(17-13-24)32(45)23-10-14-38(15-11-23)31(44)22-4-1-2-5-22/h3,6-7,19-20,22-24,27,35H,1-2,4-5,8-18H2,(H,37,42,43). The van der Waals surface area contributed by atoms with Crippen molar-refractivity contribution in [2.75, 3.05) is 31.5 Å². The summed E-state index contributed by atoms with van der Waals surface area (Å²) in [5.41, 5.74) is 1.84. The maximum atomic E-state index is 13.4. The number of anilines is 1. The van der Waals surface area contributed by atoms with Gasteiger partial charge in [-0.05, 0) is 57.1 Å². The van der Waals surface area contributed by atoms with E-state index in [4.69, 9.17) is 0 Å². The second kappa shape index (κ2) is 12.9. The normalized spacial score (nSPS) is 23.0. The molecule has 1 aromatic heterocycles. The molecule has 248 valence electrons. The summed E-state index contributed by atoms with van der Waals surface area (Å²) in [5, 5.41) is 10.1. The number of hydrogen-bond donors (Lipinski definition) is 2. The Morgan fingerprint density at radius 3 is 2.17 bits per heavy atom. The van der Waals surface area contributed by atoms with Crippen LogP contribution in [0.15, 0.2) is 30.6 Å². The highest BCUT2D eigenvalue weighted by Crippen LogP contribution is 2.33. The van der Waals surface area contributed by atoms with E-state index in [1.54, 1.807) is 24.4 Å². The van der Waals surface area contributed by atoms with E-state index in [-0.39, 0.29) is 53.7 Å². The average Bonchev–Trinajstić information content (AvgIpc) is 3.85. The van der Waals surface area contributed by atoms with E-state index in [9.17, 15) is 28.8 Å². The lowest BCUT2D eigenvalue weighted by molar-refractivity contribution is -0.143. The minimum Gasteiger partial charge on any atom is -0.380 e. The molecule has 2 aromatic rings. The van der Waals surface area contributed by atoms with Crippen LogP contribution in [0.2, 0.25) is 0 Å². The maximum absolute atomic E-state index is 13.4. The van der Waals surface area contributed by atoms with Crippen molar-refractivity contribution < 1.29 is 28.8 Å². The number of fused-ring (bicyclic) bond motifs is 1. The Morgan fingerprint density at radius 1 is 0.830 bits per heavy atom. The van der Waals surface area contributed by atoms with Crippen molar-refractivity contribution in [1.29, 1.82) is 0 Å². The number of aromatic nitrogens is 2. The summed E-state index contributed by atoms with van der Waals surface area (Å²) in [5.74, 6) is -1.48. The molecule has 0 radical (unpaired) electrons. The van der Waals surface area contributed by atoms with Crippen LogP contribution >= 0.6 is 0 Å². The third-order valence-corrected chi connectivity index (χ3v) is 10.6. The van der Waals surface area contributed by atoms with Crippen LogP contribution in [0.25, 0.3) is 0 Å². The molecule has 1 aliphatic carbocycles. The monoisotopic (exact) mass is 643 g/mol. The highest BCUT2D eigenvalue weighted by atomic mass is 16.2. The number of carbonyl (C=O) groups is 6. The van der Waals surface area contributed by atoms with E-state index in [1.807, 2.05) is 20.7 Å². The second-order valence-corrected chi connectivity index (χ2v) is 13.5. The number of piperidine rings is 3. The summed E-state index contributed by atoms with van der Waals surface area (Å²) in [7, 11) is 0. The largest absolute Gasteiger partial charge is 0.380 e. The fourth-order valence-corrected chi connectivity index (χ4v) is 7.91. The SMILES string of the molecule is O=C1CCC(N2C(=O)c3cccc(NCc4cnn(C5CCN(C(=O)C6CCN(C(=O)C7CCCC7)CC6)CC5)c4)c3C2=O)C(=O)N1. The van der Waals surface area contributed by atoms with E-state index >= 15 is 0 Å². The van der Waals surface area contributed by atoms with E-state index in [0.29, 0.717) is 38.4 Å². The molecule has 13 heteroatoms. The number of carbonyl (C=O) groups excluding carboxylic acids is 6. The second-order valence-electron chi connectivity index (χ2n) is 13.5. The molecule has 4 aliphatic heterocycles. The van der Waals surface area contributed by atoms with Crippen LogP contribution in [0.1, 0.15) is 96.5 Å². The molecule has 1 atom stereocenters. The Labute approximate surface area is 273 Å². The van der Waals surface area contributed by atoms with E-state index in [1.165, 1.54) is 0 Å². The molecule has 6 amide bonds. The maximum Gasteiger partial charge on any atom is 0.264 e. The first-order chi connectivity index (χ1) is 22.8. The number of rotatable bonds is 7. The third kappa shape index (κ3) is 6.03. The molecule has 4 fully saturated rings. The lowest BCUT2D eigenvalue weighted by atomic mass is 9.93. The fraction of sp³-hybridized carbons (Fsp3) is 0.559. The van der Waals surface area contributed by atoms with Gasteiger partial charge in [0.25, 0.3) is 11.8 Å². The van der Waals surface area contributed by atoms with Crippen LogP contribution in [0.5, 0.6) is 0 Å². The van der Waals surface area contributed by atoms with Gasteiger partial charge < -0.3 is 15.1 Å². The molecule has 13 nitrogen and oxygen atoms in total. The zero-order valence-electron chi connectivity index (χ0n) is 26.5. The van der Waals surface area contributed by atoms with Crippen molar-refractivity contribution in [2.24, 2.45) is 11.8 Å². The molecule has 3 saturated heterocycles. The van der Waals surface area contributed by atoms with Crippen LogP contribution in [-0.4, -0.2) is 92.1 Å². The minimum absolute atomic E-state index is 0.0146. The summed E-state index contributed by atoms with van der Waals surface area (Å²) in [6.45, 7) is 3.08. The van der Waals surface area contributed by atoms with Crippen molar-refractivity contribution in [3.05, 3.63) is 47.3 Å². The predicted molar refractivity (Wildman–Crippen MR) is 169 cm³/mol. The topological polar surface area (TPSA) is 154 Å². The number of benzene rings is 1. The summed E-state index contributed by atoms with van der Waals surface area (Å²) in [4.78, 5) is 81.6. The number of nitrogens with one attached hydrogen (secondary N) is 2. The summed E-state index contributed by atoms with van der Waals surface area (Å²) in [6.07, 6.45) is 11.3. The van der Waals surface area contributed by atoms with Gasteiger partial charge in [0.15, 0.2) is 0 Å². The number of amides is 6.